The van der Waals surface area contributed by atoms with Gasteiger partial charge in [-0.25, -0.2) is 4.98 Å². The van der Waals surface area contributed by atoms with Crippen LogP contribution in [0.4, 0.5) is 5.69 Å². The van der Waals surface area contributed by atoms with E-state index in [1.165, 1.54) is 54.1 Å². The van der Waals surface area contributed by atoms with E-state index in [1.807, 2.05) is 12.1 Å². The maximum absolute atomic E-state index is 6.58. The monoisotopic (exact) mass is 495 g/mol. The molecule has 2 heterocycles. The highest BCUT2D eigenvalue weighted by molar-refractivity contribution is 5.83. The molecule has 0 bridgehead atoms. The van der Waals surface area contributed by atoms with Crippen LogP contribution in [0.25, 0.3) is 10.8 Å². The molecule has 1 saturated heterocycles. The summed E-state index contributed by atoms with van der Waals surface area (Å²) in [6.45, 7) is 4.76. The van der Waals surface area contributed by atoms with Crippen LogP contribution in [-0.2, 0) is 13.0 Å². The van der Waals surface area contributed by atoms with E-state index in [0.29, 0.717) is 5.92 Å². The first-order chi connectivity index (χ1) is 18.3. The molecule has 2 fully saturated rings. The molecule has 0 N–H and O–H groups in total. The van der Waals surface area contributed by atoms with Crippen molar-refractivity contribution in [1.82, 2.24) is 9.88 Å². The molecule has 0 amide bonds. The van der Waals surface area contributed by atoms with Gasteiger partial charge in [-0.05, 0) is 41.3 Å². The molecule has 2 aliphatic rings. The Morgan fingerprint density at radius 1 is 0.865 bits per heavy atom. The zero-order valence-electron chi connectivity index (χ0n) is 21.9. The lowest BCUT2D eigenvalue weighted by molar-refractivity contribution is 0.224. The predicted octanol–water partition coefficient (Wildman–Crippen LogP) is 6.80. The zero-order valence-corrected chi connectivity index (χ0v) is 21.9. The molecule has 0 unspecified atom stereocenters. The number of benzene rings is 3. The van der Waals surface area contributed by atoms with Crippen molar-refractivity contribution >= 4 is 16.5 Å². The van der Waals surface area contributed by atoms with E-state index < -0.39 is 0 Å². The number of rotatable bonds is 7. The molecule has 3 aromatic carbocycles. The van der Waals surface area contributed by atoms with Gasteiger partial charge in [0.05, 0.1) is 25.0 Å². The first-order valence-electron chi connectivity index (χ1n) is 13.8. The van der Waals surface area contributed by atoms with E-state index in [2.05, 4.69) is 64.4 Å². The topological polar surface area (TPSA) is 41.7 Å². The number of ether oxygens (including phenoxy) is 1. The van der Waals surface area contributed by atoms with Gasteiger partial charge in [0, 0.05) is 38.5 Å². The molecule has 1 saturated carbocycles. The molecule has 1 aliphatic heterocycles. The Morgan fingerprint density at radius 2 is 1.62 bits per heavy atom. The third kappa shape index (κ3) is 5.37. The van der Waals surface area contributed by atoms with Crippen LogP contribution in [-0.4, -0.2) is 43.2 Å². The number of methoxy groups -OCH3 is 1. The number of nitrogens with zero attached hydrogens (tertiary/aromatic N) is 3. The van der Waals surface area contributed by atoms with Crippen LogP contribution in [0.3, 0.4) is 0 Å². The number of piperazine rings is 1. The number of anilines is 1. The van der Waals surface area contributed by atoms with Gasteiger partial charge in [-0.2, -0.15) is 0 Å². The second-order valence-electron chi connectivity index (χ2n) is 10.6. The van der Waals surface area contributed by atoms with Crippen LogP contribution in [0.2, 0.25) is 0 Å². The lowest BCUT2D eigenvalue weighted by Gasteiger charge is -2.36. The number of para-hydroxylation sites is 2. The predicted molar refractivity (Wildman–Crippen MR) is 150 cm³/mol. The Bertz CT molecular complexity index is 1330. The quantitative estimate of drug-likeness (QED) is 0.282. The molecule has 0 atom stereocenters. The third-order valence-corrected chi connectivity index (χ3v) is 8.10. The molecule has 0 radical (unpaired) electrons. The first-order valence-corrected chi connectivity index (χ1v) is 13.8. The average molecular weight is 496 g/mol. The Kier molecular flexibility index (Phi) is 7.13. The highest BCUT2D eigenvalue weighted by atomic mass is 16.5. The molecular formula is C32H37N3O2. The summed E-state index contributed by atoms with van der Waals surface area (Å²) in [5.74, 6) is 3.44. The van der Waals surface area contributed by atoms with Crippen molar-refractivity contribution in [2.75, 3.05) is 38.2 Å². The highest BCUT2D eigenvalue weighted by Gasteiger charge is 2.26. The fourth-order valence-corrected chi connectivity index (χ4v) is 5.97. The lowest BCUT2D eigenvalue weighted by Crippen LogP contribution is -2.46. The van der Waals surface area contributed by atoms with Crippen molar-refractivity contribution in [2.24, 2.45) is 0 Å². The van der Waals surface area contributed by atoms with Gasteiger partial charge in [0.15, 0.2) is 5.89 Å². The Labute approximate surface area is 220 Å². The maximum Gasteiger partial charge on any atom is 0.197 e. The molecular weight excluding hydrogens is 458 g/mol. The number of fused-ring (bicyclic) bond motifs is 1. The minimum atomic E-state index is 0.472. The molecule has 37 heavy (non-hydrogen) atoms. The van der Waals surface area contributed by atoms with Gasteiger partial charge in [-0.3, -0.25) is 4.90 Å². The fraction of sp³-hybridized carbons (Fsp3) is 0.406. The molecule has 1 aliphatic carbocycles. The second kappa shape index (κ2) is 11.0. The number of hydrogen-bond donors (Lipinski definition) is 0. The SMILES string of the molecule is COc1ccccc1N1CCN(Cc2oc(C3CCCCC3)nc2Cc2ccc3ccccc3c2)CC1. The Hall–Kier alpha value is -3.31. The van der Waals surface area contributed by atoms with E-state index in [4.69, 9.17) is 14.1 Å². The van der Waals surface area contributed by atoms with Crippen molar-refractivity contribution in [3.8, 4) is 5.75 Å². The molecule has 5 heteroatoms. The second-order valence-corrected chi connectivity index (χ2v) is 10.6. The van der Waals surface area contributed by atoms with Crippen molar-refractivity contribution < 1.29 is 9.15 Å². The van der Waals surface area contributed by atoms with Gasteiger partial charge in [0.1, 0.15) is 11.5 Å². The molecule has 6 rings (SSSR count). The van der Waals surface area contributed by atoms with Gasteiger partial charge in [0.25, 0.3) is 0 Å². The van der Waals surface area contributed by atoms with E-state index in [-0.39, 0.29) is 0 Å². The van der Waals surface area contributed by atoms with Crippen LogP contribution < -0.4 is 9.64 Å². The summed E-state index contributed by atoms with van der Waals surface area (Å²) in [4.78, 5) is 10.1. The molecule has 1 aromatic heterocycles. The van der Waals surface area contributed by atoms with E-state index in [9.17, 15) is 0 Å². The van der Waals surface area contributed by atoms with Gasteiger partial charge in [-0.15, -0.1) is 0 Å². The van der Waals surface area contributed by atoms with Crippen LogP contribution in [0, 0.1) is 0 Å². The van der Waals surface area contributed by atoms with Crippen LogP contribution in [0.5, 0.6) is 5.75 Å². The normalized spacial score (nSPS) is 17.4. The van der Waals surface area contributed by atoms with Gasteiger partial charge in [0.2, 0.25) is 0 Å². The lowest BCUT2D eigenvalue weighted by atomic mass is 9.89. The summed E-state index contributed by atoms with van der Waals surface area (Å²) < 4.78 is 12.2. The van der Waals surface area contributed by atoms with Crippen molar-refractivity contribution in [3.05, 3.63) is 89.6 Å². The number of hydrogen-bond acceptors (Lipinski definition) is 5. The number of oxazole rings is 1. The van der Waals surface area contributed by atoms with E-state index in [0.717, 1.165) is 62.2 Å². The molecule has 192 valence electrons. The van der Waals surface area contributed by atoms with Crippen LogP contribution in [0.1, 0.15) is 60.9 Å². The first kappa shape index (κ1) is 24.1. The molecule has 5 nitrogen and oxygen atoms in total. The Balaban J connectivity index is 1.20. The van der Waals surface area contributed by atoms with Crippen molar-refractivity contribution in [3.63, 3.8) is 0 Å². The summed E-state index contributed by atoms with van der Waals surface area (Å²) in [6.07, 6.45) is 7.13. The third-order valence-electron chi connectivity index (χ3n) is 8.10. The Morgan fingerprint density at radius 3 is 2.43 bits per heavy atom. The standard InChI is InChI=1S/C32H37N3O2/c1-36-30-14-8-7-13-29(30)35-19-17-34(18-20-35)23-31-28(33-32(37-31)26-10-3-2-4-11-26)22-24-15-16-25-9-5-6-12-27(25)21-24/h5-9,12-16,21,26H,2-4,10-11,17-20,22-23H2,1H3. The summed E-state index contributed by atoms with van der Waals surface area (Å²) in [5.41, 5.74) is 3.59. The van der Waals surface area contributed by atoms with Crippen molar-refractivity contribution in [1.29, 1.82) is 0 Å². The smallest absolute Gasteiger partial charge is 0.197 e. The van der Waals surface area contributed by atoms with Crippen LogP contribution in [0.15, 0.2) is 71.1 Å². The van der Waals surface area contributed by atoms with Gasteiger partial charge < -0.3 is 14.1 Å². The van der Waals surface area contributed by atoms with E-state index in [1.54, 1.807) is 7.11 Å². The largest absolute Gasteiger partial charge is 0.495 e. The van der Waals surface area contributed by atoms with E-state index >= 15 is 0 Å². The highest BCUT2D eigenvalue weighted by Crippen LogP contribution is 2.34. The zero-order chi connectivity index (χ0) is 25.0. The number of aromatic nitrogens is 1. The minimum Gasteiger partial charge on any atom is -0.495 e. The van der Waals surface area contributed by atoms with Crippen LogP contribution >= 0.6 is 0 Å². The van der Waals surface area contributed by atoms with Crippen molar-refractivity contribution in [2.45, 2.75) is 51.0 Å². The summed E-state index contributed by atoms with van der Waals surface area (Å²) in [7, 11) is 1.75. The summed E-state index contributed by atoms with van der Waals surface area (Å²) in [6, 6.07) is 23.7. The maximum atomic E-state index is 6.58. The average Bonchev–Trinajstić information content (AvgIpc) is 3.35. The molecule has 0 spiro atoms. The van der Waals surface area contributed by atoms with Gasteiger partial charge >= 0.3 is 0 Å². The van der Waals surface area contributed by atoms with Gasteiger partial charge in [-0.1, -0.05) is 73.9 Å². The summed E-state index contributed by atoms with van der Waals surface area (Å²) in [5, 5.41) is 2.56. The summed E-state index contributed by atoms with van der Waals surface area (Å²) >= 11 is 0. The fourth-order valence-electron chi connectivity index (χ4n) is 5.97. The minimum absolute atomic E-state index is 0.472. The molecule has 4 aromatic rings.